The minimum atomic E-state index is -0.468. The van der Waals surface area contributed by atoms with E-state index in [1.165, 1.54) is 0 Å². The van der Waals surface area contributed by atoms with E-state index in [-0.39, 0.29) is 30.3 Å². The zero-order valence-corrected chi connectivity index (χ0v) is 27.4. The van der Waals surface area contributed by atoms with Gasteiger partial charge < -0.3 is 29.2 Å². The van der Waals surface area contributed by atoms with E-state index in [0.29, 0.717) is 73.7 Å². The molecule has 0 bridgehead atoms. The molecule has 12 nitrogen and oxygen atoms in total. The number of fused-ring (bicyclic) bond motifs is 1. The number of carbonyl (C=O) groups excluding carboxylic acids is 2. The van der Waals surface area contributed by atoms with Crippen LogP contribution in [-0.2, 0) is 11.3 Å². The van der Waals surface area contributed by atoms with E-state index < -0.39 is 5.82 Å². The van der Waals surface area contributed by atoms with E-state index in [1.807, 2.05) is 42.5 Å². The second kappa shape index (κ2) is 13.8. The van der Waals surface area contributed by atoms with Crippen LogP contribution in [-0.4, -0.2) is 100 Å². The third kappa shape index (κ3) is 6.43. The van der Waals surface area contributed by atoms with Crippen molar-refractivity contribution < 1.29 is 23.5 Å². The number of H-pyrrole nitrogens is 1. The maximum Gasteiger partial charge on any atom is 0.270 e. The molecule has 0 atom stereocenters. The van der Waals surface area contributed by atoms with Crippen LogP contribution >= 0.6 is 0 Å². The molecule has 2 aromatic carbocycles. The number of rotatable bonds is 9. The van der Waals surface area contributed by atoms with Crippen molar-refractivity contribution in [2.24, 2.45) is 0 Å². The predicted molar refractivity (Wildman–Crippen MR) is 183 cm³/mol. The van der Waals surface area contributed by atoms with E-state index in [9.17, 15) is 9.59 Å². The average molecular weight is 665 g/mol. The van der Waals surface area contributed by atoms with Crippen LogP contribution in [0.5, 0.6) is 11.5 Å². The standard InChI is InChI=1S/C36H37FN8O4/c1-48-25-9-11-38-32(20-25)42-16-18-43(19-17-42)36(47)30-22-29-28(26-7-3-4-8-31(26)49-2)21-27(34(37)35(29)40-30)24-6-5-13-44(23-24)33(46)10-14-45-15-12-39-41-45/h3-4,6-9,11-12,15,20-22,40H,5,10,13-14,16-19,23H2,1-2H3. The number of carbonyl (C=O) groups is 2. The van der Waals surface area contributed by atoms with Crippen LogP contribution in [0.1, 0.15) is 28.9 Å². The second-order valence-electron chi connectivity index (χ2n) is 12.0. The third-order valence-corrected chi connectivity index (χ3v) is 9.20. The molecule has 13 heteroatoms. The summed E-state index contributed by atoms with van der Waals surface area (Å²) in [4.78, 5) is 40.3. The number of anilines is 1. The zero-order chi connectivity index (χ0) is 33.9. The van der Waals surface area contributed by atoms with E-state index in [1.54, 1.807) is 59.4 Å². The highest BCUT2D eigenvalue weighted by Gasteiger charge is 2.28. The lowest BCUT2D eigenvalue weighted by atomic mass is 9.93. The van der Waals surface area contributed by atoms with Crippen molar-refractivity contribution in [3.8, 4) is 22.6 Å². The highest BCUT2D eigenvalue weighted by Crippen LogP contribution is 2.40. The Kier molecular flexibility index (Phi) is 8.97. The van der Waals surface area contributed by atoms with Crippen molar-refractivity contribution in [3.05, 3.63) is 90.3 Å². The number of hydrogen-bond acceptors (Lipinski definition) is 8. The Morgan fingerprint density at radius 3 is 2.53 bits per heavy atom. The summed E-state index contributed by atoms with van der Waals surface area (Å²) in [5.74, 6) is 1.43. The molecule has 2 aliphatic rings. The Bertz CT molecular complexity index is 2020. The van der Waals surface area contributed by atoms with Crippen molar-refractivity contribution in [1.82, 2.24) is 34.8 Å². The molecule has 7 rings (SSSR count). The van der Waals surface area contributed by atoms with Gasteiger partial charge in [-0.2, -0.15) is 0 Å². The van der Waals surface area contributed by atoms with Gasteiger partial charge in [0.2, 0.25) is 5.91 Å². The number of ether oxygens (including phenoxy) is 2. The Morgan fingerprint density at radius 1 is 0.918 bits per heavy atom. The lowest BCUT2D eigenvalue weighted by Gasteiger charge is -2.35. The maximum atomic E-state index is 16.6. The van der Waals surface area contributed by atoms with Crippen LogP contribution in [0.25, 0.3) is 27.6 Å². The molecule has 2 aliphatic heterocycles. The average Bonchev–Trinajstić information content (AvgIpc) is 3.85. The first kappa shape index (κ1) is 31.9. The summed E-state index contributed by atoms with van der Waals surface area (Å²) >= 11 is 0. The van der Waals surface area contributed by atoms with Crippen LogP contribution in [0.15, 0.2) is 73.2 Å². The summed E-state index contributed by atoms with van der Waals surface area (Å²) in [6.45, 7) is 3.38. The molecule has 5 aromatic rings. The summed E-state index contributed by atoms with van der Waals surface area (Å²) < 4.78 is 29.3. The van der Waals surface area contributed by atoms with E-state index in [0.717, 1.165) is 22.7 Å². The number of aromatic amines is 1. The smallest absolute Gasteiger partial charge is 0.270 e. The van der Waals surface area contributed by atoms with Gasteiger partial charge in [-0.3, -0.25) is 14.3 Å². The highest BCUT2D eigenvalue weighted by atomic mass is 19.1. The number of benzene rings is 2. The van der Waals surface area contributed by atoms with Crippen molar-refractivity contribution in [1.29, 1.82) is 0 Å². The minimum absolute atomic E-state index is 0.0393. The van der Waals surface area contributed by atoms with Gasteiger partial charge in [0.25, 0.3) is 5.91 Å². The van der Waals surface area contributed by atoms with Gasteiger partial charge in [-0.15, -0.1) is 5.10 Å². The number of aromatic nitrogens is 5. The normalized spacial score (nSPS) is 15.0. The second-order valence-corrected chi connectivity index (χ2v) is 12.0. The SMILES string of the molecule is COc1ccnc(N2CCN(C(=O)c3cc4c(-c5ccccc5OC)cc(C5=CCCN(C(=O)CCn6ccnn6)C5)c(F)c4[nH]3)CC2)c1. The summed E-state index contributed by atoms with van der Waals surface area (Å²) in [6, 6.07) is 14.8. The molecule has 2 amide bonds. The van der Waals surface area contributed by atoms with Crippen molar-refractivity contribution in [3.63, 3.8) is 0 Å². The first-order valence-corrected chi connectivity index (χ1v) is 16.3. The minimum Gasteiger partial charge on any atom is -0.497 e. The number of methoxy groups -OCH3 is 2. The van der Waals surface area contributed by atoms with Crippen molar-refractivity contribution in [2.75, 3.05) is 58.4 Å². The maximum absolute atomic E-state index is 16.6. The van der Waals surface area contributed by atoms with Gasteiger partial charge in [-0.25, -0.2) is 9.37 Å². The Morgan fingerprint density at radius 2 is 1.76 bits per heavy atom. The monoisotopic (exact) mass is 664 g/mol. The van der Waals surface area contributed by atoms with Crippen LogP contribution in [0, 0.1) is 5.82 Å². The first-order chi connectivity index (χ1) is 23.9. The van der Waals surface area contributed by atoms with E-state index >= 15 is 4.39 Å². The molecule has 1 saturated heterocycles. The quantitative estimate of drug-likeness (QED) is 0.242. The van der Waals surface area contributed by atoms with E-state index in [4.69, 9.17) is 9.47 Å². The number of amides is 2. The molecule has 0 radical (unpaired) electrons. The lowest BCUT2D eigenvalue weighted by molar-refractivity contribution is -0.131. The Labute approximate surface area is 282 Å². The number of pyridine rings is 1. The number of hydrogen-bond donors (Lipinski definition) is 1. The summed E-state index contributed by atoms with van der Waals surface area (Å²) in [7, 11) is 3.21. The summed E-state index contributed by atoms with van der Waals surface area (Å²) in [5, 5.41) is 8.31. The number of aryl methyl sites for hydroxylation is 1. The molecule has 49 heavy (non-hydrogen) atoms. The van der Waals surface area contributed by atoms with Crippen LogP contribution in [0.2, 0.25) is 0 Å². The van der Waals surface area contributed by atoms with Gasteiger partial charge in [0, 0.05) is 80.7 Å². The fourth-order valence-electron chi connectivity index (χ4n) is 6.58. The van der Waals surface area contributed by atoms with Gasteiger partial charge in [0.05, 0.1) is 32.5 Å². The molecule has 3 aromatic heterocycles. The number of nitrogens with zero attached hydrogens (tertiary/aromatic N) is 7. The largest absolute Gasteiger partial charge is 0.497 e. The molecule has 252 valence electrons. The Hall–Kier alpha value is -5.72. The van der Waals surface area contributed by atoms with Crippen molar-refractivity contribution in [2.45, 2.75) is 19.4 Å². The number of para-hydroxylation sites is 1. The molecular formula is C36H37FN8O4. The molecule has 0 aliphatic carbocycles. The molecular weight excluding hydrogens is 627 g/mol. The fourth-order valence-corrected chi connectivity index (χ4v) is 6.58. The number of piperazine rings is 1. The van der Waals surface area contributed by atoms with Crippen molar-refractivity contribution >= 4 is 34.1 Å². The summed E-state index contributed by atoms with van der Waals surface area (Å²) in [5.41, 5.74) is 3.12. The summed E-state index contributed by atoms with van der Waals surface area (Å²) in [6.07, 6.45) is 7.84. The van der Waals surface area contributed by atoms with E-state index in [2.05, 4.69) is 25.2 Å². The fraction of sp³-hybridized carbons (Fsp3) is 0.306. The molecule has 0 unspecified atom stereocenters. The van der Waals surface area contributed by atoms with Gasteiger partial charge in [-0.1, -0.05) is 29.5 Å². The van der Waals surface area contributed by atoms with Gasteiger partial charge >= 0.3 is 0 Å². The third-order valence-electron chi connectivity index (χ3n) is 9.20. The lowest BCUT2D eigenvalue weighted by Crippen LogP contribution is -2.49. The predicted octanol–water partition coefficient (Wildman–Crippen LogP) is 4.65. The zero-order valence-electron chi connectivity index (χ0n) is 27.4. The van der Waals surface area contributed by atoms with Gasteiger partial charge in [-0.05, 0) is 41.8 Å². The number of nitrogens with one attached hydrogen (secondary N) is 1. The highest BCUT2D eigenvalue weighted by molar-refractivity contribution is 6.05. The van der Waals surface area contributed by atoms with Crippen LogP contribution in [0.4, 0.5) is 10.2 Å². The van der Waals surface area contributed by atoms with Gasteiger partial charge in [0.1, 0.15) is 23.0 Å². The van der Waals surface area contributed by atoms with Crippen LogP contribution < -0.4 is 14.4 Å². The molecule has 1 fully saturated rings. The topological polar surface area (TPSA) is 122 Å². The molecule has 5 heterocycles. The first-order valence-electron chi connectivity index (χ1n) is 16.3. The van der Waals surface area contributed by atoms with Gasteiger partial charge in [0.15, 0.2) is 5.82 Å². The molecule has 1 N–H and O–H groups in total. The van der Waals surface area contributed by atoms with Crippen LogP contribution in [0.3, 0.4) is 0 Å². The molecule has 0 saturated carbocycles. The molecule has 0 spiro atoms. The number of halogens is 1. The Balaban J connectivity index is 1.18.